The molecule has 1 aromatic heterocycles. The van der Waals surface area contributed by atoms with Crippen LogP contribution in [0.1, 0.15) is 40.9 Å². The average Bonchev–Trinajstić information content (AvgIpc) is 3.13. The molecule has 0 spiro atoms. The fourth-order valence-electron chi connectivity index (χ4n) is 2.72. The zero-order chi connectivity index (χ0) is 19.1. The number of rotatable bonds is 9. The van der Waals surface area contributed by atoms with Gasteiger partial charge in [-0.1, -0.05) is 36.4 Å². The molecule has 27 heavy (non-hydrogen) atoms. The summed E-state index contributed by atoms with van der Waals surface area (Å²) >= 11 is 1.73. The van der Waals surface area contributed by atoms with Gasteiger partial charge in [0, 0.05) is 17.6 Å². The van der Waals surface area contributed by atoms with Crippen molar-refractivity contribution >= 4 is 11.3 Å². The molecular formula is C22H26N2O2S. The molecule has 1 heterocycles. The topological polar surface area (TPSA) is 43.4 Å². The van der Waals surface area contributed by atoms with Gasteiger partial charge < -0.3 is 14.8 Å². The summed E-state index contributed by atoms with van der Waals surface area (Å²) in [4.78, 5) is 5.69. The molecule has 0 aliphatic rings. The van der Waals surface area contributed by atoms with Crippen molar-refractivity contribution < 1.29 is 9.47 Å². The molecule has 0 aliphatic heterocycles. The third-order valence-electron chi connectivity index (χ3n) is 4.17. The second kappa shape index (κ2) is 9.53. The van der Waals surface area contributed by atoms with Gasteiger partial charge in [0.15, 0.2) is 11.5 Å². The van der Waals surface area contributed by atoms with Crippen LogP contribution in [0.2, 0.25) is 0 Å². The minimum Gasteiger partial charge on any atom is -0.490 e. The first kappa shape index (κ1) is 19.4. The van der Waals surface area contributed by atoms with Crippen LogP contribution < -0.4 is 14.8 Å². The minimum atomic E-state index is 0.216. The highest BCUT2D eigenvalue weighted by Gasteiger charge is 2.11. The van der Waals surface area contributed by atoms with Crippen molar-refractivity contribution in [3.05, 3.63) is 75.7 Å². The molecule has 1 atom stereocenters. The van der Waals surface area contributed by atoms with Crippen LogP contribution in [0.4, 0.5) is 0 Å². The molecule has 1 N–H and O–H groups in total. The first-order valence-corrected chi connectivity index (χ1v) is 10.1. The maximum Gasteiger partial charge on any atom is 0.161 e. The molecule has 0 fully saturated rings. The van der Waals surface area contributed by atoms with Crippen molar-refractivity contribution in [2.45, 2.75) is 40.0 Å². The van der Waals surface area contributed by atoms with Crippen molar-refractivity contribution in [2.24, 2.45) is 0 Å². The number of benzene rings is 2. The van der Waals surface area contributed by atoms with E-state index in [-0.39, 0.29) is 6.04 Å². The predicted octanol–water partition coefficient (Wildman–Crippen LogP) is 5.28. The normalized spacial score (nSPS) is 12.0. The summed E-state index contributed by atoms with van der Waals surface area (Å²) in [5.41, 5.74) is 2.30. The highest BCUT2D eigenvalue weighted by Crippen LogP contribution is 2.29. The third kappa shape index (κ3) is 5.55. The third-order valence-corrected chi connectivity index (χ3v) is 5.26. The van der Waals surface area contributed by atoms with Gasteiger partial charge in [-0.25, -0.2) is 4.98 Å². The molecule has 3 aromatic rings. The van der Waals surface area contributed by atoms with E-state index >= 15 is 0 Å². The lowest BCUT2D eigenvalue weighted by Crippen LogP contribution is -2.18. The lowest BCUT2D eigenvalue weighted by Gasteiger charge is -2.15. The molecule has 0 saturated heterocycles. The molecular weight excluding hydrogens is 356 g/mol. The van der Waals surface area contributed by atoms with Crippen molar-refractivity contribution in [2.75, 3.05) is 6.61 Å². The fraction of sp³-hybridized carbons (Fsp3) is 0.318. The zero-order valence-corrected chi connectivity index (χ0v) is 16.9. The molecule has 142 valence electrons. The Bertz CT molecular complexity index is 849. The van der Waals surface area contributed by atoms with Crippen LogP contribution in [-0.2, 0) is 13.2 Å². The largest absolute Gasteiger partial charge is 0.490 e. The predicted molar refractivity (Wildman–Crippen MR) is 110 cm³/mol. The molecule has 0 bridgehead atoms. The van der Waals surface area contributed by atoms with E-state index in [4.69, 9.17) is 9.47 Å². The van der Waals surface area contributed by atoms with Crippen molar-refractivity contribution in [1.82, 2.24) is 10.3 Å². The van der Waals surface area contributed by atoms with Crippen LogP contribution >= 0.6 is 11.3 Å². The quantitative estimate of drug-likeness (QED) is 0.547. The maximum atomic E-state index is 5.97. The second-order valence-electron chi connectivity index (χ2n) is 6.40. The van der Waals surface area contributed by atoms with Crippen LogP contribution in [0.25, 0.3) is 0 Å². The molecule has 5 heteroatoms. The van der Waals surface area contributed by atoms with E-state index in [1.807, 2.05) is 37.4 Å². The van der Waals surface area contributed by atoms with E-state index in [2.05, 4.69) is 48.4 Å². The molecule has 0 radical (unpaired) electrons. The number of ether oxygens (including phenoxy) is 2. The summed E-state index contributed by atoms with van der Waals surface area (Å²) in [6.45, 7) is 8.08. The Morgan fingerprint density at radius 3 is 2.56 bits per heavy atom. The lowest BCUT2D eigenvalue weighted by atomic mass is 10.2. The van der Waals surface area contributed by atoms with Gasteiger partial charge in [0.1, 0.15) is 11.6 Å². The number of hydrogen-bond donors (Lipinski definition) is 1. The highest BCUT2D eigenvalue weighted by atomic mass is 32.1. The van der Waals surface area contributed by atoms with Gasteiger partial charge in [-0.15, -0.1) is 11.3 Å². The van der Waals surface area contributed by atoms with Gasteiger partial charge in [0.2, 0.25) is 0 Å². The van der Waals surface area contributed by atoms with Crippen LogP contribution in [-0.4, -0.2) is 11.6 Å². The van der Waals surface area contributed by atoms with Gasteiger partial charge in [-0.3, -0.25) is 0 Å². The number of nitrogens with zero attached hydrogens (tertiary/aromatic N) is 1. The van der Waals surface area contributed by atoms with E-state index in [1.54, 1.807) is 11.3 Å². The molecule has 4 nitrogen and oxygen atoms in total. The molecule has 0 unspecified atom stereocenters. The summed E-state index contributed by atoms with van der Waals surface area (Å²) in [5.74, 6) is 1.55. The van der Waals surface area contributed by atoms with Gasteiger partial charge in [-0.2, -0.15) is 0 Å². The Hall–Kier alpha value is -2.37. The van der Waals surface area contributed by atoms with Crippen LogP contribution in [0.15, 0.2) is 54.7 Å². The standard InChI is InChI=1S/C22H26N2O2S/c1-4-25-21-12-19(14-23-17(3)22-24-13-16(2)27-22)10-11-20(21)26-15-18-8-6-5-7-9-18/h5-13,17,23H,4,14-15H2,1-3H3/t17-/m0/s1. The molecule has 0 amide bonds. The zero-order valence-electron chi connectivity index (χ0n) is 16.1. The van der Waals surface area contributed by atoms with Crippen LogP contribution in [0.3, 0.4) is 0 Å². The van der Waals surface area contributed by atoms with Crippen LogP contribution in [0, 0.1) is 6.92 Å². The van der Waals surface area contributed by atoms with E-state index in [1.165, 1.54) is 4.88 Å². The summed E-state index contributed by atoms with van der Waals surface area (Å²) in [5, 5.41) is 4.64. The number of thiazole rings is 1. The number of aromatic nitrogens is 1. The minimum absolute atomic E-state index is 0.216. The summed E-state index contributed by atoms with van der Waals surface area (Å²) in [7, 11) is 0. The Morgan fingerprint density at radius 2 is 1.85 bits per heavy atom. The van der Waals surface area contributed by atoms with Crippen molar-refractivity contribution in [3.63, 3.8) is 0 Å². The number of nitrogens with one attached hydrogen (secondary N) is 1. The van der Waals surface area contributed by atoms with Crippen molar-refractivity contribution in [3.8, 4) is 11.5 Å². The molecule has 0 saturated carbocycles. The number of aryl methyl sites for hydroxylation is 1. The average molecular weight is 383 g/mol. The molecule has 3 rings (SSSR count). The fourth-order valence-corrected chi connectivity index (χ4v) is 3.52. The summed E-state index contributed by atoms with van der Waals surface area (Å²) in [6, 6.07) is 16.5. The van der Waals surface area contributed by atoms with E-state index < -0.39 is 0 Å². The molecule has 0 aliphatic carbocycles. The van der Waals surface area contributed by atoms with Crippen LogP contribution in [0.5, 0.6) is 11.5 Å². The van der Waals surface area contributed by atoms with Crippen molar-refractivity contribution in [1.29, 1.82) is 0 Å². The SMILES string of the molecule is CCOc1cc(CN[C@@H](C)c2ncc(C)s2)ccc1OCc1ccccc1. The van der Waals surface area contributed by atoms with E-state index in [9.17, 15) is 0 Å². The van der Waals surface area contributed by atoms with E-state index in [0.29, 0.717) is 13.2 Å². The Balaban J connectivity index is 1.63. The lowest BCUT2D eigenvalue weighted by molar-refractivity contribution is 0.269. The van der Waals surface area contributed by atoms with Gasteiger partial charge in [-0.05, 0) is 44.0 Å². The van der Waals surface area contributed by atoms with Gasteiger partial charge >= 0.3 is 0 Å². The second-order valence-corrected chi connectivity index (χ2v) is 7.67. The summed E-state index contributed by atoms with van der Waals surface area (Å²) < 4.78 is 11.8. The monoisotopic (exact) mass is 382 g/mol. The van der Waals surface area contributed by atoms with E-state index in [0.717, 1.165) is 34.2 Å². The number of hydrogen-bond acceptors (Lipinski definition) is 5. The smallest absolute Gasteiger partial charge is 0.161 e. The van der Waals surface area contributed by atoms with Gasteiger partial charge in [0.05, 0.1) is 12.6 Å². The Morgan fingerprint density at radius 1 is 1.04 bits per heavy atom. The summed E-state index contributed by atoms with van der Waals surface area (Å²) in [6.07, 6.45) is 1.92. The molecule has 2 aromatic carbocycles. The first-order chi connectivity index (χ1) is 13.2. The maximum absolute atomic E-state index is 5.97. The highest BCUT2D eigenvalue weighted by molar-refractivity contribution is 7.11. The first-order valence-electron chi connectivity index (χ1n) is 9.24. The Kier molecular flexibility index (Phi) is 6.85. The van der Waals surface area contributed by atoms with Gasteiger partial charge in [0.25, 0.3) is 0 Å². The Labute approximate surface area is 165 Å².